The fraction of sp³-hybridized carbons (Fsp3) is 0.176. The molecule has 2 aromatic rings. The molecule has 2 rings (SSSR count). The van der Waals surface area contributed by atoms with Crippen LogP contribution in [0.15, 0.2) is 41.3 Å². The van der Waals surface area contributed by atoms with Gasteiger partial charge in [0, 0.05) is 11.0 Å². The van der Waals surface area contributed by atoms with E-state index in [-0.39, 0.29) is 16.3 Å². The Balaban J connectivity index is 1.87. The summed E-state index contributed by atoms with van der Waals surface area (Å²) in [7, 11) is 0. The molecule has 0 aliphatic heterocycles. The average Bonchev–Trinajstić information content (AvgIpc) is 2.58. The number of carbonyl (C=O) groups excluding carboxylic acids is 2. The fourth-order valence-corrected chi connectivity index (χ4v) is 2.58. The molecule has 1 N–H and O–H groups in total. The van der Waals surface area contributed by atoms with Crippen molar-refractivity contribution in [1.29, 1.82) is 0 Å². The van der Waals surface area contributed by atoms with Gasteiger partial charge < -0.3 is 10.1 Å². The van der Waals surface area contributed by atoms with Gasteiger partial charge in [-0.2, -0.15) is 0 Å². The van der Waals surface area contributed by atoms with Gasteiger partial charge in [-0.3, -0.25) is 9.59 Å². The van der Waals surface area contributed by atoms with Crippen molar-refractivity contribution in [3.05, 3.63) is 59.7 Å². The first-order chi connectivity index (χ1) is 12.3. The molecule has 26 heavy (non-hydrogen) atoms. The highest BCUT2D eigenvalue weighted by Gasteiger charge is 2.20. The number of nitrogens with one attached hydrogen (secondary N) is 1. The van der Waals surface area contributed by atoms with E-state index in [4.69, 9.17) is 4.74 Å². The van der Waals surface area contributed by atoms with Crippen molar-refractivity contribution in [1.82, 2.24) is 0 Å². The first-order valence-electron chi connectivity index (χ1n) is 7.29. The summed E-state index contributed by atoms with van der Waals surface area (Å²) in [6, 6.07) is 5.38. The highest BCUT2D eigenvalue weighted by atomic mass is 32.2. The molecule has 0 spiro atoms. The summed E-state index contributed by atoms with van der Waals surface area (Å²) in [5.74, 6) is -5.16. The van der Waals surface area contributed by atoms with Gasteiger partial charge in [-0.25, -0.2) is 17.6 Å². The normalized spacial score (nSPS) is 11.7. The second-order valence-corrected chi connectivity index (χ2v) is 6.13. The zero-order valence-corrected chi connectivity index (χ0v) is 14.2. The minimum Gasteiger partial charge on any atom is -0.452 e. The van der Waals surface area contributed by atoms with E-state index in [1.165, 1.54) is 6.92 Å². The monoisotopic (exact) mass is 387 g/mol. The van der Waals surface area contributed by atoms with Crippen LogP contribution in [0.25, 0.3) is 0 Å². The summed E-state index contributed by atoms with van der Waals surface area (Å²) in [6.07, 6.45) is -1.27. The first kappa shape index (κ1) is 19.8. The number of anilines is 1. The van der Waals surface area contributed by atoms with Crippen LogP contribution in [0.2, 0.25) is 0 Å². The standard InChI is InChI=1S/C17H13F4NO3S/c1-9(17(24)22-14-5-3-10(18)6-13(14)21)25-16(23)8-26-15-7-11(19)2-4-12(15)20/h2-7,9H,8H2,1H3,(H,22,24)/t9-/m0/s1. The Bertz CT molecular complexity index is 832. The van der Waals surface area contributed by atoms with E-state index in [0.29, 0.717) is 17.8 Å². The fourth-order valence-electron chi connectivity index (χ4n) is 1.83. The molecule has 0 saturated heterocycles. The largest absolute Gasteiger partial charge is 0.452 e. The summed E-state index contributed by atoms with van der Waals surface area (Å²) in [5.41, 5.74) is -0.268. The van der Waals surface area contributed by atoms with Crippen molar-refractivity contribution >= 4 is 29.3 Å². The summed E-state index contributed by atoms with van der Waals surface area (Å²) in [5, 5.41) is 2.16. The Morgan fingerprint density at radius 1 is 1.04 bits per heavy atom. The highest BCUT2D eigenvalue weighted by Crippen LogP contribution is 2.23. The highest BCUT2D eigenvalue weighted by molar-refractivity contribution is 8.00. The molecule has 9 heteroatoms. The van der Waals surface area contributed by atoms with Gasteiger partial charge in [-0.15, -0.1) is 11.8 Å². The number of ether oxygens (including phenoxy) is 1. The van der Waals surface area contributed by atoms with Crippen LogP contribution in [0.3, 0.4) is 0 Å². The van der Waals surface area contributed by atoms with Gasteiger partial charge in [0.05, 0.1) is 11.4 Å². The smallest absolute Gasteiger partial charge is 0.317 e. The Morgan fingerprint density at radius 2 is 1.69 bits per heavy atom. The summed E-state index contributed by atoms with van der Waals surface area (Å²) in [4.78, 5) is 23.5. The van der Waals surface area contributed by atoms with Crippen molar-refractivity contribution in [2.75, 3.05) is 11.1 Å². The van der Waals surface area contributed by atoms with Gasteiger partial charge in [-0.05, 0) is 37.3 Å². The molecule has 1 atom stereocenters. The van der Waals surface area contributed by atoms with Crippen LogP contribution in [-0.4, -0.2) is 23.7 Å². The maximum absolute atomic E-state index is 13.5. The number of carbonyl (C=O) groups is 2. The molecule has 1 amide bonds. The third kappa shape index (κ3) is 5.48. The van der Waals surface area contributed by atoms with E-state index >= 15 is 0 Å². The van der Waals surface area contributed by atoms with Gasteiger partial charge in [0.1, 0.15) is 23.3 Å². The predicted molar refractivity (Wildman–Crippen MR) is 87.6 cm³/mol. The molecule has 0 aromatic heterocycles. The van der Waals surface area contributed by atoms with Crippen LogP contribution in [-0.2, 0) is 14.3 Å². The zero-order chi connectivity index (χ0) is 19.3. The molecule has 0 heterocycles. The van der Waals surface area contributed by atoms with Crippen molar-refractivity contribution in [3.63, 3.8) is 0 Å². The number of esters is 1. The second kappa shape index (κ2) is 8.70. The molecule has 0 bridgehead atoms. The molecule has 4 nitrogen and oxygen atoms in total. The van der Waals surface area contributed by atoms with Gasteiger partial charge >= 0.3 is 5.97 Å². The quantitative estimate of drug-likeness (QED) is 0.464. The van der Waals surface area contributed by atoms with E-state index in [1.54, 1.807) is 0 Å². The topological polar surface area (TPSA) is 55.4 Å². The molecular weight excluding hydrogens is 374 g/mol. The van der Waals surface area contributed by atoms with Crippen molar-refractivity contribution < 1.29 is 31.9 Å². The third-order valence-corrected chi connectivity index (χ3v) is 4.11. The number of hydrogen-bond acceptors (Lipinski definition) is 4. The lowest BCUT2D eigenvalue weighted by Gasteiger charge is -2.14. The Morgan fingerprint density at radius 3 is 2.38 bits per heavy atom. The van der Waals surface area contributed by atoms with Crippen LogP contribution in [0, 0.1) is 23.3 Å². The minimum atomic E-state index is -1.27. The molecule has 0 radical (unpaired) electrons. The SMILES string of the molecule is C[C@H](OC(=O)CSc1cc(F)ccc1F)C(=O)Nc1ccc(F)cc1F. The van der Waals surface area contributed by atoms with Gasteiger partial charge in [0.15, 0.2) is 6.10 Å². The Hall–Kier alpha value is -2.55. The van der Waals surface area contributed by atoms with E-state index in [0.717, 1.165) is 30.3 Å². The molecule has 0 fully saturated rings. The maximum Gasteiger partial charge on any atom is 0.317 e. The van der Waals surface area contributed by atoms with Crippen LogP contribution in [0.1, 0.15) is 6.92 Å². The van der Waals surface area contributed by atoms with Crippen molar-refractivity contribution in [2.24, 2.45) is 0 Å². The van der Waals surface area contributed by atoms with Crippen LogP contribution >= 0.6 is 11.8 Å². The number of rotatable bonds is 6. The Labute approximate surface area is 150 Å². The number of hydrogen-bond donors (Lipinski definition) is 1. The van der Waals surface area contributed by atoms with Gasteiger partial charge in [0.25, 0.3) is 5.91 Å². The van der Waals surface area contributed by atoms with E-state index in [9.17, 15) is 27.2 Å². The van der Waals surface area contributed by atoms with Crippen LogP contribution in [0.4, 0.5) is 23.2 Å². The molecule has 0 saturated carbocycles. The lowest BCUT2D eigenvalue weighted by Crippen LogP contribution is -2.30. The first-order valence-corrected chi connectivity index (χ1v) is 8.28. The lowest BCUT2D eigenvalue weighted by molar-refractivity contribution is -0.150. The van der Waals surface area contributed by atoms with Crippen molar-refractivity contribution in [2.45, 2.75) is 17.9 Å². The van der Waals surface area contributed by atoms with Gasteiger partial charge in [-0.1, -0.05) is 0 Å². The summed E-state index contributed by atoms with van der Waals surface area (Å²) in [6.45, 7) is 1.25. The maximum atomic E-state index is 13.5. The van der Waals surface area contributed by atoms with E-state index in [2.05, 4.69) is 5.32 Å². The van der Waals surface area contributed by atoms with Crippen molar-refractivity contribution in [3.8, 4) is 0 Å². The predicted octanol–water partition coefficient (Wildman–Crippen LogP) is 3.91. The molecular formula is C17H13F4NO3S. The zero-order valence-electron chi connectivity index (χ0n) is 13.4. The average molecular weight is 387 g/mol. The number of amides is 1. The second-order valence-electron chi connectivity index (χ2n) is 5.11. The van der Waals surface area contributed by atoms with Crippen LogP contribution < -0.4 is 5.32 Å². The molecule has 0 unspecified atom stereocenters. The number of benzene rings is 2. The Kier molecular flexibility index (Phi) is 6.62. The number of thioether (sulfide) groups is 1. The summed E-state index contributed by atoms with van der Waals surface area (Å²) < 4.78 is 57.7. The molecule has 138 valence electrons. The molecule has 2 aromatic carbocycles. The third-order valence-electron chi connectivity index (χ3n) is 3.11. The van der Waals surface area contributed by atoms with Crippen LogP contribution in [0.5, 0.6) is 0 Å². The van der Waals surface area contributed by atoms with E-state index in [1.807, 2.05) is 0 Å². The summed E-state index contributed by atoms with van der Waals surface area (Å²) >= 11 is 0.708. The molecule has 0 aliphatic rings. The minimum absolute atomic E-state index is 0.0764. The molecule has 0 aliphatic carbocycles. The number of halogens is 4. The van der Waals surface area contributed by atoms with E-state index < -0.39 is 41.2 Å². The van der Waals surface area contributed by atoms with Gasteiger partial charge in [0.2, 0.25) is 0 Å². The lowest BCUT2D eigenvalue weighted by atomic mass is 10.2.